The number of amides is 1. The van der Waals surface area contributed by atoms with E-state index in [4.69, 9.17) is 4.74 Å². The van der Waals surface area contributed by atoms with E-state index in [-0.39, 0.29) is 17.2 Å². The molecule has 0 spiro atoms. The Balaban J connectivity index is 3.16. The summed E-state index contributed by atoms with van der Waals surface area (Å²) >= 11 is 0. The summed E-state index contributed by atoms with van der Waals surface area (Å²) in [6.07, 6.45) is 0. The maximum absolute atomic E-state index is 13.6. The number of methoxy groups -OCH3 is 1. The van der Waals surface area contributed by atoms with Crippen LogP contribution in [0.15, 0.2) is 18.2 Å². The third-order valence-electron chi connectivity index (χ3n) is 2.46. The molecule has 0 heterocycles. The van der Waals surface area contributed by atoms with E-state index in [1.165, 1.54) is 19.2 Å². The largest absolute Gasteiger partial charge is 0.496 e. The van der Waals surface area contributed by atoms with Gasteiger partial charge >= 0.3 is 0 Å². The number of carbonyl (C=O) groups is 1. The summed E-state index contributed by atoms with van der Waals surface area (Å²) in [5, 5.41) is 0. The van der Waals surface area contributed by atoms with E-state index in [1.807, 2.05) is 13.8 Å². The third kappa shape index (κ3) is 2.32. The van der Waals surface area contributed by atoms with Crippen LogP contribution >= 0.6 is 0 Å². The molecule has 0 aliphatic rings. The quantitative estimate of drug-likeness (QED) is 0.787. The minimum atomic E-state index is -0.545. The first-order valence-corrected chi connectivity index (χ1v) is 5.27. The first kappa shape index (κ1) is 12.5. The van der Waals surface area contributed by atoms with E-state index in [1.54, 1.807) is 11.0 Å². The van der Waals surface area contributed by atoms with Gasteiger partial charge in [-0.15, -0.1) is 0 Å². The molecule has 4 heteroatoms. The van der Waals surface area contributed by atoms with E-state index >= 15 is 0 Å². The minimum absolute atomic E-state index is 0.00806. The molecular formula is C12H16FNO2. The Bertz CT molecular complexity index is 375. The number of halogens is 1. The van der Waals surface area contributed by atoms with Crippen LogP contribution in [-0.2, 0) is 0 Å². The van der Waals surface area contributed by atoms with Crippen LogP contribution in [0.5, 0.6) is 5.75 Å². The summed E-state index contributed by atoms with van der Waals surface area (Å²) in [6, 6.07) is 4.37. The molecule has 0 bridgehead atoms. The van der Waals surface area contributed by atoms with Gasteiger partial charge in [-0.3, -0.25) is 4.79 Å². The Hall–Kier alpha value is -1.58. The zero-order valence-corrected chi connectivity index (χ0v) is 9.79. The fourth-order valence-electron chi connectivity index (χ4n) is 1.55. The Morgan fingerprint density at radius 1 is 1.38 bits per heavy atom. The van der Waals surface area contributed by atoms with Crippen LogP contribution < -0.4 is 4.74 Å². The van der Waals surface area contributed by atoms with Crippen LogP contribution in [0.3, 0.4) is 0 Å². The van der Waals surface area contributed by atoms with Crippen molar-refractivity contribution in [3.63, 3.8) is 0 Å². The smallest absolute Gasteiger partial charge is 0.260 e. The number of rotatable bonds is 4. The lowest BCUT2D eigenvalue weighted by molar-refractivity contribution is 0.0764. The Morgan fingerprint density at radius 3 is 2.50 bits per heavy atom. The second-order valence-electron chi connectivity index (χ2n) is 3.29. The normalized spacial score (nSPS) is 10.0. The Labute approximate surface area is 94.8 Å². The molecule has 1 aromatic carbocycles. The molecule has 0 unspecified atom stereocenters. The van der Waals surface area contributed by atoms with E-state index in [0.29, 0.717) is 13.1 Å². The molecule has 0 saturated heterocycles. The zero-order valence-electron chi connectivity index (χ0n) is 9.79. The molecular weight excluding hydrogens is 209 g/mol. The van der Waals surface area contributed by atoms with Gasteiger partial charge in [-0.05, 0) is 26.0 Å². The van der Waals surface area contributed by atoms with Crippen LogP contribution in [0.4, 0.5) is 4.39 Å². The van der Waals surface area contributed by atoms with Gasteiger partial charge in [0, 0.05) is 13.1 Å². The predicted octanol–water partition coefficient (Wildman–Crippen LogP) is 2.32. The SMILES string of the molecule is CCN(CC)C(=O)c1c(F)cccc1OC. The lowest BCUT2D eigenvalue weighted by Crippen LogP contribution is -2.31. The number of benzene rings is 1. The van der Waals surface area contributed by atoms with Crippen LogP contribution in [0.25, 0.3) is 0 Å². The Morgan fingerprint density at radius 2 is 2.00 bits per heavy atom. The molecule has 0 saturated carbocycles. The van der Waals surface area contributed by atoms with Gasteiger partial charge < -0.3 is 9.64 Å². The van der Waals surface area contributed by atoms with Gasteiger partial charge in [0.05, 0.1) is 7.11 Å². The second-order valence-corrected chi connectivity index (χ2v) is 3.29. The number of nitrogens with zero attached hydrogens (tertiary/aromatic N) is 1. The van der Waals surface area contributed by atoms with Crippen molar-refractivity contribution < 1.29 is 13.9 Å². The molecule has 1 rings (SSSR count). The number of hydrogen-bond acceptors (Lipinski definition) is 2. The maximum atomic E-state index is 13.6. The van der Waals surface area contributed by atoms with Crippen molar-refractivity contribution in [2.24, 2.45) is 0 Å². The van der Waals surface area contributed by atoms with E-state index in [9.17, 15) is 9.18 Å². The highest BCUT2D eigenvalue weighted by Gasteiger charge is 2.21. The van der Waals surface area contributed by atoms with Crippen molar-refractivity contribution in [2.75, 3.05) is 20.2 Å². The van der Waals surface area contributed by atoms with Crippen molar-refractivity contribution >= 4 is 5.91 Å². The van der Waals surface area contributed by atoms with Crippen molar-refractivity contribution in [3.05, 3.63) is 29.6 Å². The highest BCUT2D eigenvalue weighted by molar-refractivity contribution is 5.97. The molecule has 16 heavy (non-hydrogen) atoms. The third-order valence-corrected chi connectivity index (χ3v) is 2.46. The van der Waals surface area contributed by atoms with E-state index in [2.05, 4.69) is 0 Å². The second kappa shape index (κ2) is 5.49. The van der Waals surface area contributed by atoms with Crippen molar-refractivity contribution in [1.82, 2.24) is 4.90 Å². The molecule has 0 N–H and O–H groups in total. The zero-order chi connectivity index (χ0) is 12.1. The predicted molar refractivity (Wildman–Crippen MR) is 60.2 cm³/mol. The minimum Gasteiger partial charge on any atom is -0.496 e. The number of carbonyl (C=O) groups excluding carboxylic acids is 1. The molecule has 0 aliphatic heterocycles. The fourth-order valence-corrected chi connectivity index (χ4v) is 1.55. The van der Waals surface area contributed by atoms with Gasteiger partial charge in [-0.1, -0.05) is 6.07 Å². The molecule has 3 nitrogen and oxygen atoms in total. The van der Waals surface area contributed by atoms with Gasteiger partial charge in [0.15, 0.2) is 0 Å². The molecule has 88 valence electrons. The molecule has 0 aliphatic carbocycles. The summed E-state index contributed by atoms with van der Waals surface area (Å²) in [5.41, 5.74) is 0.00806. The van der Waals surface area contributed by atoms with Crippen molar-refractivity contribution in [3.8, 4) is 5.75 Å². The van der Waals surface area contributed by atoms with Gasteiger partial charge in [0.25, 0.3) is 5.91 Å². The van der Waals surface area contributed by atoms with E-state index in [0.717, 1.165) is 0 Å². The van der Waals surface area contributed by atoms with Gasteiger partial charge in [-0.25, -0.2) is 4.39 Å². The fraction of sp³-hybridized carbons (Fsp3) is 0.417. The van der Waals surface area contributed by atoms with Gasteiger partial charge in [0.1, 0.15) is 17.1 Å². The van der Waals surface area contributed by atoms with Crippen molar-refractivity contribution in [2.45, 2.75) is 13.8 Å². The molecule has 1 aromatic rings. The van der Waals surface area contributed by atoms with Crippen LogP contribution in [0.1, 0.15) is 24.2 Å². The van der Waals surface area contributed by atoms with E-state index < -0.39 is 5.82 Å². The van der Waals surface area contributed by atoms with Crippen LogP contribution in [-0.4, -0.2) is 31.0 Å². The molecule has 1 amide bonds. The van der Waals surface area contributed by atoms with Crippen molar-refractivity contribution in [1.29, 1.82) is 0 Å². The van der Waals surface area contributed by atoms with Gasteiger partial charge in [0.2, 0.25) is 0 Å². The van der Waals surface area contributed by atoms with Crippen LogP contribution in [0.2, 0.25) is 0 Å². The monoisotopic (exact) mass is 225 g/mol. The topological polar surface area (TPSA) is 29.5 Å². The average Bonchev–Trinajstić information content (AvgIpc) is 2.29. The summed E-state index contributed by atoms with van der Waals surface area (Å²) in [5.74, 6) is -0.604. The number of ether oxygens (including phenoxy) is 1. The van der Waals surface area contributed by atoms with Crippen LogP contribution in [0, 0.1) is 5.82 Å². The molecule has 0 fully saturated rings. The molecule has 0 aromatic heterocycles. The Kier molecular flexibility index (Phi) is 4.28. The summed E-state index contributed by atoms with van der Waals surface area (Å²) in [7, 11) is 1.42. The highest BCUT2D eigenvalue weighted by Crippen LogP contribution is 2.22. The summed E-state index contributed by atoms with van der Waals surface area (Å²) in [6.45, 7) is 4.81. The average molecular weight is 225 g/mol. The lowest BCUT2D eigenvalue weighted by Gasteiger charge is -2.20. The van der Waals surface area contributed by atoms with Gasteiger partial charge in [-0.2, -0.15) is 0 Å². The highest BCUT2D eigenvalue weighted by atomic mass is 19.1. The maximum Gasteiger partial charge on any atom is 0.260 e. The molecule has 0 atom stereocenters. The standard InChI is InChI=1S/C12H16FNO2/c1-4-14(5-2)12(15)11-9(13)7-6-8-10(11)16-3/h6-8H,4-5H2,1-3H3. The number of hydrogen-bond donors (Lipinski definition) is 0. The first-order chi connectivity index (χ1) is 7.65. The summed E-state index contributed by atoms with van der Waals surface area (Å²) < 4.78 is 18.6. The summed E-state index contributed by atoms with van der Waals surface area (Å²) in [4.78, 5) is 13.6. The lowest BCUT2D eigenvalue weighted by atomic mass is 10.1. The first-order valence-electron chi connectivity index (χ1n) is 5.27. The molecule has 0 radical (unpaired) electrons.